The highest BCUT2D eigenvalue weighted by atomic mass is 32.2. The van der Waals surface area contributed by atoms with Gasteiger partial charge in [-0.1, -0.05) is 54.3 Å². The van der Waals surface area contributed by atoms with E-state index in [2.05, 4.69) is 5.32 Å². The Morgan fingerprint density at radius 3 is 2.52 bits per heavy atom. The van der Waals surface area contributed by atoms with E-state index in [9.17, 15) is 14.4 Å². The highest BCUT2D eigenvalue weighted by Crippen LogP contribution is 2.32. The van der Waals surface area contributed by atoms with Crippen molar-refractivity contribution in [1.29, 1.82) is 0 Å². The highest BCUT2D eigenvalue weighted by molar-refractivity contribution is 8.26. The molecule has 2 aromatic carbocycles. The molecular weight excluding hydrogens is 432 g/mol. The summed E-state index contributed by atoms with van der Waals surface area (Å²) in [5.74, 6) is -0.701. The van der Waals surface area contributed by atoms with Crippen LogP contribution in [0.25, 0.3) is 6.08 Å². The normalized spacial score (nSPS) is 14.7. The first-order chi connectivity index (χ1) is 15.0. The number of carbonyl (C=O) groups is 3. The third-order valence-corrected chi connectivity index (χ3v) is 5.81. The molecule has 2 aromatic rings. The standard InChI is InChI=1S/C23H22N2O4S2/c1-2-29-22(28)17-10-12-18(13-11-17)24-20(26)9-6-14-25-21(27)19(31-23(25)30)15-16-7-4-3-5-8-16/h3-5,7-8,10-13,15H,2,6,9,14H2,1H3,(H,24,26)/b19-15+. The Kier molecular flexibility index (Phi) is 7.97. The summed E-state index contributed by atoms with van der Waals surface area (Å²) in [5, 5.41) is 2.79. The molecule has 0 radical (unpaired) electrons. The van der Waals surface area contributed by atoms with E-state index in [1.807, 2.05) is 36.4 Å². The Morgan fingerprint density at radius 1 is 1.13 bits per heavy atom. The number of nitrogens with zero attached hydrogens (tertiary/aromatic N) is 1. The molecule has 1 N–H and O–H groups in total. The van der Waals surface area contributed by atoms with Gasteiger partial charge < -0.3 is 10.1 Å². The van der Waals surface area contributed by atoms with Gasteiger partial charge in [0.05, 0.1) is 17.1 Å². The van der Waals surface area contributed by atoms with Crippen LogP contribution in [0, 0.1) is 0 Å². The summed E-state index contributed by atoms with van der Waals surface area (Å²) in [5.41, 5.74) is 1.96. The van der Waals surface area contributed by atoms with Crippen molar-refractivity contribution < 1.29 is 19.1 Å². The van der Waals surface area contributed by atoms with Crippen LogP contribution in [0.1, 0.15) is 35.7 Å². The van der Waals surface area contributed by atoms with Crippen molar-refractivity contribution in [2.45, 2.75) is 19.8 Å². The van der Waals surface area contributed by atoms with Crippen LogP contribution in [-0.4, -0.2) is 40.2 Å². The van der Waals surface area contributed by atoms with E-state index in [0.29, 0.717) is 40.0 Å². The van der Waals surface area contributed by atoms with Gasteiger partial charge in [-0.05, 0) is 49.2 Å². The minimum absolute atomic E-state index is 0.131. The lowest BCUT2D eigenvalue weighted by Gasteiger charge is -2.14. The molecule has 1 heterocycles. The number of benzene rings is 2. The highest BCUT2D eigenvalue weighted by Gasteiger charge is 2.31. The monoisotopic (exact) mass is 454 g/mol. The van der Waals surface area contributed by atoms with E-state index in [4.69, 9.17) is 17.0 Å². The van der Waals surface area contributed by atoms with Crippen LogP contribution in [0.5, 0.6) is 0 Å². The molecule has 0 bridgehead atoms. The number of amides is 2. The van der Waals surface area contributed by atoms with Gasteiger partial charge in [-0.25, -0.2) is 4.79 Å². The van der Waals surface area contributed by atoms with Gasteiger partial charge in [0.2, 0.25) is 5.91 Å². The average Bonchev–Trinajstić information content (AvgIpc) is 3.02. The second kappa shape index (κ2) is 10.9. The zero-order valence-corrected chi connectivity index (χ0v) is 18.6. The molecule has 1 aliphatic rings. The Balaban J connectivity index is 1.48. The summed E-state index contributed by atoms with van der Waals surface area (Å²) >= 11 is 6.61. The Morgan fingerprint density at radius 2 is 1.84 bits per heavy atom. The first-order valence-electron chi connectivity index (χ1n) is 9.85. The largest absolute Gasteiger partial charge is 0.462 e. The molecule has 0 saturated carbocycles. The van der Waals surface area contributed by atoms with Crippen LogP contribution in [-0.2, 0) is 14.3 Å². The molecule has 8 heteroatoms. The van der Waals surface area contributed by atoms with Gasteiger partial charge in [0.15, 0.2) is 0 Å². The number of ether oxygens (including phenoxy) is 1. The molecule has 160 valence electrons. The molecule has 0 atom stereocenters. The van der Waals surface area contributed by atoms with Gasteiger partial charge in [0.25, 0.3) is 5.91 Å². The van der Waals surface area contributed by atoms with E-state index in [1.165, 1.54) is 16.7 Å². The Labute approximate surface area is 190 Å². The van der Waals surface area contributed by atoms with Gasteiger partial charge in [-0.3, -0.25) is 14.5 Å². The molecule has 3 rings (SSSR count). The topological polar surface area (TPSA) is 75.7 Å². The minimum atomic E-state index is -0.398. The van der Waals surface area contributed by atoms with Crippen LogP contribution >= 0.6 is 24.0 Å². The lowest BCUT2D eigenvalue weighted by atomic mass is 10.2. The third kappa shape index (κ3) is 6.26. The van der Waals surface area contributed by atoms with Gasteiger partial charge in [0.1, 0.15) is 4.32 Å². The molecule has 0 aromatic heterocycles. The summed E-state index contributed by atoms with van der Waals surface area (Å²) in [7, 11) is 0. The number of hydrogen-bond donors (Lipinski definition) is 1. The van der Waals surface area contributed by atoms with Crippen molar-refractivity contribution >= 4 is 57.8 Å². The molecule has 1 saturated heterocycles. The van der Waals surface area contributed by atoms with E-state index in [-0.39, 0.29) is 18.2 Å². The fourth-order valence-corrected chi connectivity index (χ4v) is 4.23. The second-order valence-corrected chi connectivity index (χ2v) is 8.37. The number of nitrogens with one attached hydrogen (secondary N) is 1. The minimum Gasteiger partial charge on any atom is -0.462 e. The van der Waals surface area contributed by atoms with Crippen molar-refractivity contribution in [2.24, 2.45) is 0 Å². The second-order valence-electron chi connectivity index (χ2n) is 6.69. The summed E-state index contributed by atoms with van der Waals surface area (Å²) in [6.07, 6.45) is 2.55. The molecule has 2 amide bonds. The molecular formula is C23H22N2O4S2. The molecule has 6 nitrogen and oxygen atoms in total. The molecule has 1 fully saturated rings. The van der Waals surface area contributed by atoms with Gasteiger partial charge in [-0.15, -0.1) is 0 Å². The maximum absolute atomic E-state index is 12.6. The van der Waals surface area contributed by atoms with Crippen molar-refractivity contribution in [1.82, 2.24) is 4.90 Å². The van der Waals surface area contributed by atoms with Crippen LogP contribution in [0.15, 0.2) is 59.5 Å². The fourth-order valence-electron chi connectivity index (χ4n) is 2.92. The van der Waals surface area contributed by atoms with E-state index in [0.717, 1.165) is 5.56 Å². The number of thiocarbonyl (C=S) groups is 1. The number of esters is 1. The molecule has 1 aliphatic heterocycles. The van der Waals surface area contributed by atoms with Crippen molar-refractivity contribution in [3.63, 3.8) is 0 Å². The molecule has 0 unspecified atom stereocenters. The van der Waals surface area contributed by atoms with Crippen molar-refractivity contribution in [3.8, 4) is 0 Å². The van der Waals surface area contributed by atoms with Gasteiger partial charge in [-0.2, -0.15) is 0 Å². The Hall–Kier alpha value is -2.97. The third-order valence-electron chi connectivity index (χ3n) is 4.44. The fraction of sp³-hybridized carbons (Fsp3) is 0.217. The van der Waals surface area contributed by atoms with Crippen LogP contribution < -0.4 is 5.32 Å². The molecule has 0 spiro atoms. The molecule has 0 aliphatic carbocycles. The van der Waals surface area contributed by atoms with Crippen LogP contribution in [0.2, 0.25) is 0 Å². The summed E-state index contributed by atoms with van der Waals surface area (Å²) in [6, 6.07) is 16.1. The zero-order valence-electron chi connectivity index (χ0n) is 17.0. The first kappa shape index (κ1) is 22.7. The van der Waals surface area contributed by atoms with E-state index >= 15 is 0 Å². The predicted octanol–water partition coefficient (Wildman–Crippen LogP) is 4.48. The van der Waals surface area contributed by atoms with Gasteiger partial charge in [0, 0.05) is 18.7 Å². The number of anilines is 1. The predicted molar refractivity (Wildman–Crippen MR) is 127 cm³/mol. The van der Waals surface area contributed by atoms with Crippen molar-refractivity contribution in [2.75, 3.05) is 18.5 Å². The SMILES string of the molecule is CCOC(=O)c1ccc(NC(=O)CCCN2C(=O)/C(=C\c3ccccc3)SC2=S)cc1. The molecule has 31 heavy (non-hydrogen) atoms. The maximum atomic E-state index is 12.6. The van der Waals surface area contributed by atoms with Crippen LogP contribution in [0.3, 0.4) is 0 Å². The summed E-state index contributed by atoms with van der Waals surface area (Å²) in [4.78, 5) is 38.6. The van der Waals surface area contributed by atoms with Gasteiger partial charge >= 0.3 is 5.97 Å². The van der Waals surface area contributed by atoms with Crippen molar-refractivity contribution in [3.05, 3.63) is 70.6 Å². The zero-order chi connectivity index (χ0) is 22.2. The lowest BCUT2D eigenvalue weighted by molar-refractivity contribution is -0.122. The quantitative estimate of drug-likeness (QED) is 0.360. The Bertz CT molecular complexity index is 1000. The van der Waals surface area contributed by atoms with Crippen LogP contribution in [0.4, 0.5) is 5.69 Å². The summed E-state index contributed by atoms with van der Waals surface area (Å²) < 4.78 is 5.44. The number of hydrogen-bond acceptors (Lipinski definition) is 6. The smallest absolute Gasteiger partial charge is 0.338 e. The number of carbonyl (C=O) groups excluding carboxylic acids is 3. The lowest BCUT2D eigenvalue weighted by Crippen LogP contribution is -2.29. The maximum Gasteiger partial charge on any atom is 0.338 e. The van der Waals surface area contributed by atoms with E-state index < -0.39 is 5.97 Å². The first-order valence-corrected chi connectivity index (χ1v) is 11.1. The average molecular weight is 455 g/mol. The summed E-state index contributed by atoms with van der Waals surface area (Å²) in [6.45, 7) is 2.43. The number of thioether (sulfide) groups is 1. The van der Waals surface area contributed by atoms with E-state index in [1.54, 1.807) is 31.2 Å². The number of rotatable bonds is 8.